The zero-order valence-electron chi connectivity index (χ0n) is 11.3. The van der Waals surface area contributed by atoms with E-state index in [-0.39, 0.29) is 5.91 Å². The van der Waals surface area contributed by atoms with Crippen LogP contribution in [0, 0.1) is 5.92 Å². The van der Waals surface area contributed by atoms with Crippen molar-refractivity contribution < 1.29 is 4.79 Å². The number of rotatable bonds is 3. The van der Waals surface area contributed by atoms with Gasteiger partial charge in [0.2, 0.25) is 0 Å². The lowest BCUT2D eigenvalue weighted by atomic mass is 9.98. The summed E-state index contributed by atoms with van der Waals surface area (Å²) < 4.78 is 0. The van der Waals surface area contributed by atoms with Gasteiger partial charge in [0.05, 0.1) is 17.2 Å². The average molecular weight is 270 g/mol. The second-order valence-corrected chi connectivity index (χ2v) is 5.15. The first-order chi connectivity index (χ1) is 9.83. The molecule has 0 atom stereocenters. The Hall–Kier alpha value is -2.01. The van der Waals surface area contributed by atoms with Gasteiger partial charge in [-0.25, -0.2) is 4.98 Å². The minimum Gasteiger partial charge on any atom is -0.350 e. The molecule has 0 spiro atoms. The van der Waals surface area contributed by atoms with Crippen molar-refractivity contribution in [3.8, 4) is 0 Å². The highest BCUT2D eigenvalue weighted by Gasteiger charge is 2.15. The fourth-order valence-electron chi connectivity index (χ4n) is 2.48. The highest BCUT2D eigenvalue weighted by atomic mass is 16.1. The van der Waals surface area contributed by atoms with Crippen LogP contribution in [0.5, 0.6) is 0 Å². The number of nitrogens with zero attached hydrogens (tertiary/aromatic N) is 2. The molecule has 1 aromatic heterocycles. The number of aromatic nitrogens is 2. The smallest absolute Gasteiger partial charge is 0.271 e. The largest absolute Gasteiger partial charge is 0.350 e. The molecule has 1 aliphatic heterocycles. The number of amides is 1. The highest BCUT2D eigenvalue weighted by Crippen LogP contribution is 2.11. The second-order valence-electron chi connectivity index (χ2n) is 5.15. The number of carbonyl (C=O) groups is 1. The first-order valence-corrected chi connectivity index (χ1v) is 7.03. The van der Waals surface area contributed by atoms with E-state index in [2.05, 4.69) is 20.6 Å². The zero-order chi connectivity index (χ0) is 13.8. The number of para-hydroxylation sites is 2. The fraction of sp³-hybridized carbons (Fsp3) is 0.400. The minimum absolute atomic E-state index is 0.137. The van der Waals surface area contributed by atoms with Crippen molar-refractivity contribution in [1.82, 2.24) is 20.6 Å². The number of fused-ring (bicyclic) bond motifs is 1. The van der Waals surface area contributed by atoms with E-state index in [0.29, 0.717) is 11.6 Å². The van der Waals surface area contributed by atoms with Crippen LogP contribution in [-0.4, -0.2) is 35.5 Å². The van der Waals surface area contributed by atoms with Gasteiger partial charge in [0.1, 0.15) is 5.69 Å². The van der Waals surface area contributed by atoms with E-state index in [1.807, 2.05) is 24.3 Å². The van der Waals surface area contributed by atoms with Crippen molar-refractivity contribution in [2.75, 3.05) is 19.6 Å². The maximum atomic E-state index is 12.1. The average Bonchev–Trinajstić information content (AvgIpc) is 2.53. The highest BCUT2D eigenvalue weighted by molar-refractivity contribution is 5.93. The Bertz CT molecular complexity index is 608. The van der Waals surface area contributed by atoms with Crippen LogP contribution >= 0.6 is 0 Å². The third-order valence-corrected chi connectivity index (χ3v) is 3.69. The molecule has 2 aromatic rings. The van der Waals surface area contributed by atoms with Crippen molar-refractivity contribution >= 4 is 16.9 Å². The molecule has 2 N–H and O–H groups in total. The normalized spacial score (nSPS) is 16.2. The van der Waals surface area contributed by atoms with Crippen LogP contribution < -0.4 is 10.6 Å². The second kappa shape index (κ2) is 5.96. The van der Waals surface area contributed by atoms with Crippen LogP contribution in [-0.2, 0) is 0 Å². The van der Waals surface area contributed by atoms with Gasteiger partial charge >= 0.3 is 0 Å². The first kappa shape index (κ1) is 13.0. The predicted octanol–water partition coefficient (Wildman–Crippen LogP) is 1.36. The summed E-state index contributed by atoms with van der Waals surface area (Å²) in [5.74, 6) is 0.426. The Kier molecular flexibility index (Phi) is 3.87. The molecule has 0 aliphatic carbocycles. The van der Waals surface area contributed by atoms with E-state index in [1.54, 1.807) is 6.20 Å². The number of carbonyl (C=O) groups excluding carboxylic acids is 1. The van der Waals surface area contributed by atoms with Gasteiger partial charge < -0.3 is 10.6 Å². The number of hydrogen-bond acceptors (Lipinski definition) is 4. The topological polar surface area (TPSA) is 66.9 Å². The van der Waals surface area contributed by atoms with Crippen LogP contribution in [0.1, 0.15) is 23.3 Å². The van der Waals surface area contributed by atoms with Crippen LogP contribution in [0.3, 0.4) is 0 Å². The summed E-state index contributed by atoms with van der Waals surface area (Å²) in [7, 11) is 0. The maximum absolute atomic E-state index is 12.1. The number of piperidine rings is 1. The molecule has 0 bridgehead atoms. The third-order valence-electron chi connectivity index (χ3n) is 3.69. The van der Waals surface area contributed by atoms with Gasteiger partial charge in [-0.2, -0.15) is 0 Å². The quantitative estimate of drug-likeness (QED) is 0.883. The molecule has 1 aromatic carbocycles. The summed E-state index contributed by atoms with van der Waals surface area (Å²) >= 11 is 0. The van der Waals surface area contributed by atoms with Gasteiger partial charge in [0.15, 0.2) is 0 Å². The Morgan fingerprint density at radius 3 is 2.80 bits per heavy atom. The number of hydrogen-bond donors (Lipinski definition) is 2. The molecule has 0 radical (unpaired) electrons. The minimum atomic E-state index is -0.137. The zero-order valence-corrected chi connectivity index (χ0v) is 11.3. The van der Waals surface area contributed by atoms with Crippen molar-refractivity contribution in [2.24, 2.45) is 5.92 Å². The van der Waals surface area contributed by atoms with Crippen molar-refractivity contribution in [3.63, 3.8) is 0 Å². The molecular formula is C15H18N4O. The van der Waals surface area contributed by atoms with E-state index in [9.17, 15) is 4.79 Å². The van der Waals surface area contributed by atoms with Crippen LogP contribution in [0.25, 0.3) is 11.0 Å². The summed E-state index contributed by atoms with van der Waals surface area (Å²) in [4.78, 5) is 20.7. The van der Waals surface area contributed by atoms with E-state index in [4.69, 9.17) is 0 Å². The van der Waals surface area contributed by atoms with E-state index in [0.717, 1.165) is 43.5 Å². The fourth-order valence-corrected chi connectivity index (χ4v) is 2.48. The molecule has 5 heteroatoms. The molecule has 0 saturated carbocycles. The standard InChI is InChI=1S/C15H18N4O/c20-15(18-9-11-5-7-16-8-6-11)14-10-17-12-3-1-2-4-13(12)19-14/h1-4,10-11,16H,5-9H2,(H,18,20). The molecule has 0 unspecified atom stereocenters. The van der Waals surface area contributed by atoms with Crippen LogP contribution in [0.4, 0.5) is 0 Å². The monoisotopic (exact) mass is 270 g/mol. The molecular weight excluding hydrogens is 252 g/mol. The predicted molar refractivity (Wildman–Crippen MR) is 77.5 cm³/mol. The summed E-state index contributed by atoms with van der Waals surface area (Å²) in [6.07, 6.45) is 3.77. The summed E-state index contributed by atoms with van der Waals surface area (Å²) in [6.45, 7) is 2.79. The van der Waals surface area contributed by atoms with Crippen LogP contribution in [0.2, 0.25) is 0 Å². The van der Waals surface area contributed by atoms with Gasteiger partial charge in [-0.05, 0) is 44.0 Å². The SMILES string of the molecule is O=C(NCC1CCNCC1)c1cnc2ccccc2n1. The Balaban J connectivity index is 1.65. The molecule has 5 nitrogen and oxygen atoms in total. The summed E-state index contributed by atoms with van der Waals surface area (Å²) in [6, 6.07) is 7.56. The van der Waals surface area contributed by atoms with Crippen molar-refractivity contribution in [1.29, 1.82) is 0 Å². The third kappa shape index (κ3) is 2.93. The summed E-state index contributed by atoms with van der Waals surface area (Å²) in [5.41, 5.74) is 1.95. The van der Waals surface area contributed by atoms with Gasteiger partial charge in [-0.3, -0.25) is 9.78 Å². The molecule has 1 aliphatic rings. The van der Waals surface area contributed by atoms with Gasteiger partial charge in [0, 0.05) is 6.54 Å². The molecule has 1 amide bonds. The molecule has 3 rings (SSSR count). The lowest BCUT2D eigenvalue weighted by Crippen LogP contribution is -2.36. The molecule has 2 heterocycles. The molecule has 20 heavy (non-hydrogen) atoms. The Morgan fingerprint density at radius 2 is 2.00 bits per heavy atom. The molecule has 1 fully saturated rings. The van der Waals surface area contributed by atoms with E-state index < -0.39 is 0 Å². The number of benzene rings is 1. The Morgan fingerprint density at radius 1 is 1.25 bits per heavy atom. The Labute approximate surface area is 117 Å². The van der Waals surface area contributed by atoms with E-state index in [1.165, 1.54) is 0 Å². The van der Waals surface area contributed by atoms with Crippen molar-refractivity contribution in [2.45, 2.75) is 12.8 Å². The van der Waals surface area contributed by atoms with Crippen molar-refractivity contribution in [3.05, 3.63) is 36.2 Å². The van der Waals surface area contributed by atoms with Gasteiger partial charge in [0.25, 0.3) is 5.91 Å². The van der Waals surface area contributed by atoms with Gasteiger partial charge in [-0.1, -0.05) is 12.1 Å². The maximum Gasteiger partial charge on any atom is 0.271 e. The van der Waals surface area contributed by atoms with Gasteiger partial charge in [-0.15, -0.1) is 0 Å². The van der Waals surface area contributed by atoms with Crippen LogP contribution in [0.15, 0.2) is 30.5 Å². The number of nitrogens with one attached hydrogen (secondary N) is 2. The lowest BCUT2D eigenvalue weighted by Gasteiger charge is -2.22. The first-order valence-electron chi connectivity index (χ1n) is 7.03. The summed E-state index contributed by atoms with van der Waals surface area (Å²) in [5, 5.41) is 6.28. The molecule has 1 saturated heterocycles. The molecule has 104 valence electrons. The lowest BCUT2D eigenvalue weighted by molar-refractivity contribution is 0.0939. The van der Waals surface area contributed by atoms with E-state index >= 15 is 0 Å².